The third kappa shape index (κ3) is 4.32. The van der Waals surface area contributed by atoms with Gasteiger partial charge in [-0.1, -0.05) is 54.2 Å². The summed E-state index contributed by atoms with van der Waals surface area (Å²) in [7, 11) is 0. The normalized spacial score (nSPS) is 11.7. The summed E-state index contributed by atoms with van der Waals surface area (Å²) in [5.41, 5.74) is 1.64. The number of nitrogens with one attached hydrogen (secondary N) is 1. The fourth-order valence-corrected chi connectivity index (χ4v) is 3.12. The van der Waals surface area contributed by atoms with Crippen LogP contribution in [0.4, 0.5) is 10.1 Å². The van der Waals surface area contributed by atoms with Crippen LogP contribution in [0, 0.1) is 12.7 Å². The molecule has 0 atom stereocenters. The van der Waals surface area contributed by atoms with Crippen LogP contribution in [0.5, 0.6) is 0 Å². The van der Waals surface area contributed by atoms with E-state index in [0.717, 1.165) is 5.56 Å². The molecular formula is C21H16ClFN2OS. The van der Waals surface area contributed by atoms with Crippen molar-refractivity contribution < 1.29 is 14.1 Å². The van der Waals surface area contributed by atoms with Crippen molar-refractivity contribution in [2.24, 2.45) is 0 Å². The predicted octanol–water partition coefficient (Wildman–Crippen LogP) is 4.20. The van der Waals surface area contributed by atoms with Gasteiger partial charge < -0.3 is 10.4 Å². The first-order valence-electron chi connectivity index (χ1n) is 8.17. The summed E-state index contributed by atoms with van der Waals surface area (Å²) < 4.78 is 15.6. The zero-order valence-electron chi connectivity index (χ0n) is 14.4. The second kappa shape index (κ2) is 8.29. The molecule has 0 radical (unpaired) electrons. The number of hydrogen-bond acceptors (Lipinski definition) is 2. The molecule has 2 aromatic carbocycles. The van der Waals surface area contributed by atoms with Crippen LogP contribution in [0.25, 0.3) is 11.5 Å². The highest BCUT2D eigenvalue weighted by Crippen LogP contribution is 2.24. The van der Waals surface area contributed by atoms with Crippen LogP contribution in [-0.4, -0.2) is 4.99 Å². The molecule has 0 aliphatic heterocycles. The number of halogens is 2. The number of nitrogens with zero attached hydrogens (tertiary/aromatic N) is 1. The van der Waals surface area contributed by atoms with Gasteiger partial charge in [0.1, 0.15) is 5.82 Å². The van der Waals surface area contributed by atoms with Gasteiger partial charge in [-0.15, -0.1) is 0 Å². The second-order valence-corrected chi connectivity index (χ2v) is 6.70. The van der Waals surface area contributed by atoms with Gasteiger partial charge in [0.25, 0.3) is 0 Å². The summed E-state index contributed by atoms with van der Waals surface area (Å²) in [5, 5.41) is 16.4. The van der Waals surface area contributed by atoms with E-state index in [0.29, 0.717) is 10.6 Å². The van der Waals surface area contributed by atoms with Gasteiger partial charge in [-0.05, 0) is 42.5 Å². The predicted molar refractivity (Wildman–Crippen MR) is 109 cm³/mol. The van der Waals surface area contributed by atoms with E-state index >= 15 is 0 Å². The maximum atomic E-state index is 14.0. The summed E-state index contributed by atoms with van der Waals surface area (Å²) in [6.45, 7) is 1.90. The minimum absolute atomic E-state index is 0.0978. The van der Waals surface area contributed by atoms with Gasteiger partial charge >= 0.3 is 0 Å². The molecule has 0 saturated carbocycles. The lowest BCUT2D eigenvalue weighted by molar-refractivity contribution is -0.578. The lowest BCUT2D eigenvalue weighted by atomic mass is 10.1. The zero-order chi connectivity index (χ0) is 19.4. The van der Waals surface area contributed by atoms with E-state index in [2.05, 4.69) is 5.32 Å². The number of thiocarbonyl (C=S) groups is 1. The van der Waals surface area contributed by atoms with E-state index in [4.69, 9.17) is 23.8 Å². The van der Waals surface area contributed by atoms with E-state index in [1.807, 2.05) is 13.0 Å². The maximum Gasteiger partial charge on any atom is 0.238 e. The molecule has 1 aromatic heterocycles. The SMILES string of the molecule is Cc1ccc[n+](C(C(=S)Nc2ccccc2F)=C([O-])c2ccccc2Cl)c1. The Morgan fingerprint density at radius 1 is 1.07 bits per heavy atom. The van der Waals surface area contributed by atoms with E-state index in [-0.39, 0.29) is 22.1 Å². The Morgan fingerprint density at radius 3 is 2.48 bits per heavy atom. The van der Waals surface area contributed by atoms with Gasteiger partial charge in [-0.3, -0.25) is 0 Å². The van der Waals surface area contributed by atoms with Crippen LogP contribution in [0.1, 0.15) is 11.1 Å². The molecule has 27 heavy (non-hydrogen) atoms. The number of anilines is 1. The van der Waals surface area contributed by atoms with Gasteiger partial charge in [0.05, 0.1) is 5.69 Å². The molecule has 136 valence electrons. The van der Waals surface area contributed by atoms with E-state index in [1.165, 1.54) is 6.07 Å². The Hall–Kier alpha value is -2.76. The molecule has 0 spiro atoms. The van der Waals surface area contributed by atoms with Crippen LogP contribution in [-0.2, 0) is 0 Å². The Kier molecular flexibility index (Phi) is 5.84. The number of aromatic nitrogens is 1. The first-order chi connectivity index (χ1) is 13.0. The minimum Gasteiger partial charge on any atom is -0.867 e. The monoisotopic (exact) mass is 398 g/mol. The third-order valence-corrected chi connectivity index (χ3v) is 4.50. The van der Waals surface area contributed by atoms with Crippen LogP contribution in [0.3, 0.4) is 0 Å². The Morgan fingerprint density at radius 2 is 1.78 bits per heavy atom. The zero-order valence-corrected chi connectivity index (χ0v) is 16.0. The smallest absolute Gasteiger partial charge is 0.238 e. The van der Waals surface area contributed by atoms with Crippen molar-refractivity contribution in [1.29, 1.82) is 0 Å². The van der Waals surface area contributed by atoms with E-state index in [1.54, 1.807) is 65.5 Å². The summed E-state index contributed by atoms with van der Waals surface area (Å²) in [4.78, 5) is 0.0978. The topological polar surface area (TPSA) is 39.0 Å². The van der Waals surface area contributed by atoms with Gasteiger partial charge in [-0.25, -0.2) is 4.39 Å². The van der Waals surface area contributed by atoms with Gasteiger partial charge in [0.2, 0.25) is 5.70 Å². The van der Waals surface area contributed by atoms with Crippen LogP contribution >= 0.6 is 23.8 Å². The van der Waals surface area contributed by atoms with Gasteiger partial charge in [-0.2, -0.15) is 4.57 Å². The number of rotatable bonds is 4. The number of benzene rings is 2. The van der Waals surface area contributed by atoms with Crippen molar-refractivity contribution in [2.75, 3.05) is 5.32 Å². The molecular weight excluding hydrogens is 383 g/mol. The van der Waals surface area contributed by atoms with E-state index in [9.17, 15) is 9.50 Å². The fourth-order valence-electron chi connectivity index (χ4n) is 2.59. The molecule has 0 fully saturated rings. The second-order valence-electron chi connectivity index (χ2n) is 5.88. The van der Waals surface area contributed by atoms with Gasteiger partial charge in [0, 0.05) is 16.7 Å². The van der Waals surface area contributed by atoms with Crippen molar-refractivity contribution >= 4 is 46.0 Å². The Balaban J connectivity index is 2.13. The largest absolute Gasteiger partial charge is 0.867 e. The molecule has 0 saturated heterocycles. The number of para-hydroxylation sites is 1. The molecule has 3 rings (SSSR count). The Bertz CT molecular complexity index is 1040. The van der Waals surface area contributed by atoms with E-state index < -0.39 is 5.82 Å². The van der Waals surface area contributed by atoms with Crippen molar-refractivity contribution in [3.8, 4) is 0 Å². The average Bonchev–Trinajstić information content (AvgIpc) is 2.64. The summed E-state index contributed by atoms with van der Waals surface area (Å²) in [6, 6.07) is 16.6. The molecule has 0 unspecified atom stereocenters. The van der Waals surface area contributed by atoms with Crippen LogP contribution < -0.4 is 15.0 Å². The molecule has 3 aromatic rings. The average molecular weight is 399 g/mol. The third-order valence-electron chi connectivity index (χ3n) is 3.88. The maximum absolute atomic E-state index is 14.0. The summed E-state index contributed by atoms with van der Waals surface area (Å²) in [5.74, 6) is -0.816. The van der Waals surface area contributed by atoms with Crippen molar-refractivity contribution in [3.05, 3.63) is 95.0 Å². The van der Waals surface area contributed by atoms with Crippen LogP contribution in [0.15, 0.2) is 73.1 Å². The Labute approximate surface area is 167 Å². The van der Waals surface area contributed by atoms with Crippen molar-refractivity contribution in [1.82, 2.24) is 0 Å². The first-order valence-corrected chi connectivity index (χ1v) is 8.96. The fraction of sp³-hybridized carbons (Fsp3) is 0.0476. The molecule has 0 amide bonds. The molecule has 6 heteroatoms. The molecule has 0 bridgehead atoms. The lowest BCUT2D eigenvalue weighted by Crippen LogP contribution is -2.40. The van der Waals surface area contributed by atoms with Crippen LogP contribution in [0.2, 0.25) is 5.02 Å². The molecule has 1 heterocycles. The standard InChI is InChI=1S/C21H16ClFN2OS/c1-14-7-6-12-25(13-14)19(20(26)15-8-2-3-9-16(15)22)21(27)24-18-11-5-4-10-17(18)23/h2-13H,1H3,(H-,24,26,27). The highest BCUT2D eigenvalue weighted by atomic mass is 35.5. The van der Waals surface area contributed by atoms with Crippen molar-refractivity contribution in [3.63, 3.8) is 0 Å². The number of aryl methyl sites for hydroxylation is 1. The van der Waals surface area contributed by atoms with Gasteiger partial charge in [0.15, 0.2) is 17.4 Å². The quantitative estimate of drug-likeness (QED) is 0.310. The summed E-state index contributed by atoms with van der Waals surface area (Å²) in [6.07, 6.45) is 3.49. The molecule has 0 aliphatic rings. The minimum atomic E-state index is -0.460. The highest BCUT2D eigenvalue weighted by molar-refractivity contribution is 7.81. The molecule has 3 nitrogen and oxygen atoms in total. The molecule has 1 N–H and O–H groups in total. The number of hydrogen-bond donors (Lipinski definition) is 1. The lowest BCUT2D eigenvalue weighted by Gasteiger charge is -2.18. The number of pyridine rings is 1. The summed E-state index contributed by atoms with van der Waals surface area (Å²) >= 11 is 11.7. The highest BCUT2D eigenvalue weighted by Gasteiger charge is 2.20. The van der Waals surface area contributed by atoms with Crippen molar-refractivity contribution in [2.45, 2.75) is 6.92 Å². The first kappa shape index (κ1) is 19.0. The molecule has 0 aliphatic carbocycles.